The van der Waals surface area contributed by atoms with Crippen molar-refractivity contribution < 1.29 is 18.9 Å². The third-order valence-electron chi connectivity index (χ3n) is 0.771. The molecule has 0 aromatic carbocycles. The van der Waals surface area contributed by atoms with Gasteiger partial charge in [-0.2, -0.15) is 7.05 Å². The van der Waals surface area contributed by atoms with Crippen molar-refractivity contribution in [2.75, 3.05) is 34.2 Å². The molecule has 0 aliphatic carbocycles. The maximum absolute atomic E-state index is 3.93. The first-order chi connectivity index (χ1) is 3.27. The van der Waals surface area contributed by atoms with Gasteiger partial charge < -0.3 is 10.2 Å². The summed E-state index contributed by atoms with van der Waals surface area (Å²) in [6.07, 6.45) is 0. The Morgan fingerprint density at radius 2 is 1.88 bits per heavy atom. The monoisotopic (exact) mass is 108 g/mol. The van der Waals surface area contributed by atoms with Gasteiger partial charge in [0.15, 0.2) is 0 Å². The fourth-order valence-electron chi connectivity index (χ4n) is 0.300. The molecule has 0 atom stereocenters. The van der Waals surface area contributed by atoms with Crippen molar-refractivity contribution in [3.8, 4) is 0 Å². The zero-order valence-corrected chi connectivity index (χ0v) is 6.31. The van der Waals surface area contributed by atoms with Gasteiger partial charge in [-0.25, -0.2) is 0 Å². The summed E-state index contributed by atoms with van der Waals surface area (Å²) in [6.45, 7) is 2.02. The number of likely N-dealkylation sites (N-methyl/N-ethyl adjacent to an activating group) is 2. The van der Waals surface area contributed by atoms with Crippen molar-refractivity contribution in [2.24, 2.45) is 0 Å². The molecular weight excluding hydrogens is 95.0 g/mol. The maximum atomic E-state index is 3.93. The third kappa shape index (κ3) is 9.72. The number of rotatable bonds is 3. The number of nitrogens with zero attached hydrogens (tertiary/aromatic N) is 2. The van der Waals surface area contributed by atoms with Crippen molar-refractivity contribution in [2.45, 2.75) is 0 Å². The summed E-state index contributed by atoms with van der Waals surface area (Å²) >= 11 is 0. The van der Waals surface area contributed by atoms with Crippen LogP contribution in [0.1, 0.15) is 0 Å². The molecule has 0 bridgehead atoms. The molecule has 0 aliphatic heterocycles. The molecule has 8 heavy (non-hydrogen) atoms. The van der Waals surface area contributed by atoms with E-state index < -0.39 is 0 Å². The Hall–Kier alpha value is 0.517. The summed E-state index contributed by atoms with van der Waals surface area (Å²) in [4.78, 5) is 2.12. The van der Waals surface area contributed by atoms with E-state index >= 15 is 0 Å². The smallest absolute Gasteiger partial charge is 0.664 e. The summed E-state index contributed by atoms with van der Waals surface area (Å²) in [5.41, 5.74) is 0. The molecule has 0 saturated heterocycles. The largest absolute Gasteiger partial charge is 1.00 e. The molecule has 0 amide bonds. The van der Waals surface area contributed by atoms with Crippen LogP contribution in [0.5, 0.6) is 0 Å². The van der Waals surface area contributed by atoms with Crippen LogP contribution in [0.4, 0.5) is 0 Å². The predicted octanol–water partition coefficient (Wildman–Crippen LogP) is -2.44. The van der Waals surface area contributed by atoms with Gasteiger partial charge in [-0.15, -0.1) is 6.54 Å². The maximum Gasteiger partial charge on any atom is 1.00 e. The Morgan fingerprint density at radius 3 is 2.00 bits per heavy atom. The van der Waals surface area contributed by atoms with Crippen molar-refractivity contribution in [3.63, 3.8) is 0 Å². The van der Waals surface area contributed by atoms with Crippen molar-refractivity contribution in [1.29, 1.82) is 0 Å². The molecule has 44 valence electrons. The molecule has 0 aromatic rings. The van der Waals surface area contributed by atoms with Crippen LogP contribution in [0.25, 0.3) is 5.32 Å². The molecule has 0 N–H and O–H groups in total. The molecule has 0 heterocycles. The molecule has 2 nitrogen and oxygen atoms in total. The third-order valence-corrected chi connectivity index (χ3v) is 0.771. The Kier molecular flexibility index (Phi) is 10.6. The fourth-order valence-corrected chi connectivity index (χ4v) is 0.300. The molecule has 0 rings (SSSR count). The normalized spacial score (nSPS) is 9.00. The van der Waals surface area contributed by atoms with Crippen LogP contribution in [0.15, 0.2) is 0 Å². The van der Waals surface area contributed by atoms with E-state index in [4.69, 9.17) is 0 Å². The Balaban J connectivity index is 0. The standard InChI is InChI=1S/C5H13N2.Li/c1-6-4-5-7(2)3;/h4-5H2,1-3H3;/q-1;+1. The van der Waals surface area contributed by atoms with Crippen molar-refractivity contribution >= 4 is 0 Å². The minimum absolute atomic E-state index is 0. The molecule has 0 radical (unpaired) electrons. The first-order valence-corrected chi connectivity index (χ1v) is 2.47. The summed E-state index contributed by atoms with van der Waals surface area (Å²) in [5, 5.41) is 3.93. The summed E-state index contributed by atoms with van der Waals surface area (Å²) in [5.74, 6) is 0. The molecule has 0 spiro atoms. The Labute approximate surface area is 63.8 Å². The molecular formula is C5H13LiN2. The van der Waals surface area contributed by atoms with Gasteiger partial charge in [-0.1, -0.05) is 0 Å². The second kappa shape index (κ2) is 7.52. The van der Waals surface area contributed by atoms with Crippen molar-refractivity contribution in [3.05, 3.63) is 5.32 Å². The quantitative estimate of drug-likeness (QED) is 0.367. The summed E-state index contributed by atoms with van der Waals surface area (Å²) in [7, 11) is 5.93. The van der Waals surface area contributed by atoms with Crippen LogP contribution in [0.2, 0.25) is 0 Å². The average Bonchev–Trinajstić information content (AvgIpc) is 1.61. The van der Waals surface area contributed by atoms with E-state index in [0.717, 1.165) is 13.1 Å². The second-order valence-electron chi connectivity index (χ2n) is 1.84. The van der Waals surface area contributed by atoms with E-state index in [2.05, 4.69) is 10.2 Å². The van der Waals surface area contributed by atoms with Crippen LogP contribution in [0.3, 0.4) is 0 Å². The molecule has 0 aliphatic rings. The zero-order valence-electron chi connectivity index (χ0n) is 6.31. The van der Waals surface area contributed by atoms with Crippen LogP contribution >= 0.6 is 0 Å². The molecule has 0 fully saturated rings. The topological polar surface area (TPSA) is 17.3 Å². The SMILES string of the molecule is C[N-]CCN(C)C.[Li+]. The number of hydrogen-bond acceptors (Lipinski definition) is 1. The van der Waals surface area contributed by atoms with Crippen molar-refractivity contribution in [1.82, 2.24) is 4.90 Å². The average molecular weight is 108 g/mol. The zero-order chi connectivity index (χ0) is 5.70. The number of hydrogen-bond donors (Lipinski definition) is 0. The van der Waals surface area contributed by atoms with Gasteiger partial charge in [0.25, 0.3) is 0 Å². The van der Waals surface area contributed by atoms with Gasteiger partial charge in [0, 0.05) is 0 Å². The van der Waals surface area contributed by atoms with E-state index in [9.17, 15) is 0 Å². The molecule has 0 aromatic heterocycles. The summed E-state index contributed by atoms with van der Waals surface area (Å²) in [6, 6.07) is 0. The van der Waals surface area contributed by atoms with E-state index in [1.54, 1.807) is 0 Å². The van der Waals surface area contributed by atoms with E-state index in [-0.39, 0.29) is 18.9 Å². The Bertz CT molecular complexity index is 39.4. The first-order valence-electron chi connectivity index (χ1n) is 2.47. The van der Waals surface area contributed by atoms with Crippen LogP contribution < -0.4 is 18.9 Å². The molecule has 0 unspecified atom stereocenters. The van der Waals surface area contributed by atoms with E-state index in [1.807, 2.05) is 21.1 Å². The molecule has 3 heteroatoms. The van der Waals surface area contributed by atoms with E-state index in [1.165, 1.54) is 0 Å². The van der Waals surface area contributed by atoms with Crippen LogP contribution in [0, 0.1) is 0 Å². The van der Waals surface area contributed by atoms with Crippen LogP contribution in [-0.2, 0) is 0 Å². The van der Waals surface area contributed by atoms with Gasteiger partial charge in [0.2, 0.25) is 0 Å². The Morgan fingerprint density at radius 1 is 1.38 bits per heavy atom. The molecule has 0 saturated carbocycles. The minimum Gasteiger partial charge on any atom is -0.664 e. The minimum atomic E-state index is 0. The predicted molar refractivity (Wildman–Crippen MR) is 32.7 cm³/mol. The van der Waals surface area contributed by atoms with E-state index in [0.29, 0.717) is 0 Å². The summed E-state index contributed by atoms with van der Waals surface area (Å²) < 4.78 is 0. The fraction of sp³-hybridized carbons (Fsp3) is 1.00. The second-order valence-corrected chi connectivity index (χ2v) is 1.84. The van der Waals surface area contributed by atoms with Gasteiger partial charge in [-0.3, -0.25) is 0 Å². The van der Waals surface area contributed by atoms with Crippen LogP contribution in [-0.4, -0.2) is 39.1 Å². The van der Waals surface area contributed by atoms with Gasteiger partial charge in [-0.05, 0) is 20.6 Å². The van der Waals surface area contributed by atoms with Gasteiger partial charge in [0.1, 0.15) is 0 Å². The van der Waals surface area contributed by atoms with Gasteiger partial charge in [0.05, 0.1) is 0 Å². The van der Waals surface area contributed by atoms with Gasteiger partial charge >= 0.3 is 18.9 Å². The first kappa shape index (κ1) is 11.3.